The lowest BCUT2D eigenvalue weighted by molar-refractivity contribution is -0.129. The highest BCUT2D eigenvalue weighted by Gasteiger charge is 2.52. The van der Waals surface area contributed by atoms with Gasteiger partial charge >= 0.3 is 13.4 Å². The van der Waals surface area contributed by atoms with E-state index in [2.05, 4.69) is 44.9 Å². The molecule has 13 atom stereocenters. The van der Waals surface area contributed by atoms with Crippen LogP contribution in [0.4, 0.5) is 17.5 Å². The zero-order valence-electron chi connectivity index (χ0n) is 34.1. The smallest absolute Gasteiger partial charge is 0.325 e. The van der Waals surface area contributed by atoms with E-state index in [-0.39, 0.29) is 59.2 Å². The highest BCUT2D eigenvalue weighted by Crippen LogP contribution is 2.53. The van der Waals surface area contributed by atoms with E-state index in [4.69, 9.17) is 82.6 Å². The standard InChI is InChI=1S/C33H41N15O14P2S2/c1-54-23-17(6-57-63(52,65)61-15-4-14(2-3-55-13-49)58-31(15)46-10-43-18-25(34)37-7-40-28(18)46)60-33(48-12-45-20-27(36)39-9-42-30(20)48)24(23)62-64(53,66)56-5-16-21(50)22(51)32(59-16)47-11-44-19-26(35)38-8-41-29(19)47/h7-17,21-24,31-33,50-51H,2-6H2,1H3,(H,52,65)(H,53,66)(H2,34,37,40)(H2,35,38,41)(H2,36,39,42)/t14-,15-,16-,17-,21-,22-,23-,24-,31-,32-,33-,63?,64?/m1/s1. The van der Waals surface area contributed by atoms with Gasteiger partial charge in [-0.15, -0.1) is 0 Å². The number of carbonyl (C=O) groups is 1. The van der Waals surface area contributed by atoms with E-state index in [0.29, 0.717) is 17.6 Å². The number of aliphatic hydroxyl groups excluding tert-OH is 2. The minimum Gasteiger partial charge on any atom is -0.468 e. The minimum absolute atomic E-state index is 0.0485. The Labute approximate surface area is 381 Å². The Morgan fingerprint density at radius 3 is 1.74 bits per heavy atom. The monoisotopic (exact) mass is 997 g/mol. The van der Waals surface area contributed by atoms with Gasteiger partial charge in [0, 0.05) is 20.0 Å². The fourth-order valence-electron chi connectivity index (χ4n) is 7.94. The van der Waals surface area contributed by atoms with Crippen molar-refractivity contribution in [1.82, 2.24) is 58.6 Å². The molecule has 33 heteroatoms. The maximum atomic E-state index is 11.6. The van der Waals surface area contributed by atoms with Gasteiger partial charge in [0.05, 0.1) is 44.9 Å². The Bertz CT molecular complexity index is 2830. The second-order valence-corrected chi connectivity index (χ2v) is 20.5. The third-order valence-electron chi connectivity index (χ3n) is 11.0. The van der Waals surface area contributed by atoms with Crippen LogP contribution in [0.1, 0.15) is 31.5 Å². The molecule has 9 rings (SSSR count). The molecule has 66 heavy (non-hydrogen) atoms. The fraction of sp³-hybridized carbons (Fsp3) is 0.515. The van der Waals surface area contributed by atoms with Crippen LogP contribution in [0.3, 0.4) is 0 Å². The van der Waals surface area contributed by atoms with E-state index < -0.39 is 94.2 Å². The summed E-state index contributed by atoms with van der Waals surface area (Å²) in [5, 5.41) is 21.9. The molecule has 10 N–H and O–H groups in total. The summed E-state index contributed by atoms with van der Waals surface area (Å²) in [4.78, 5) is 71.4. The molecule has 3 aliphatic heterocycles. The highest BCUT2D eigenvalue weighted by atomic mass is 32.5. The molecule has 9 heterocycles. The predicted octanol–water partition coefficient (Wildman–Crippen LogP) is -1.13. The Morgan fingerprint density at radius 2 is 1.20 bits per heavy atom. The van der Waals surface area contributed by atoms with Gasteiger partial charge in [-0.3, -0.25) is 23.0 Å². The van der Waals surface area contributed by atoms with Gasteiger partial charge in [-0.1, -0.05) is 0 Å². The molecular formula is C33H41N15O14P2S2. The average Bonchev–Trinajstić information content (AvgIpc) is 4.15. The number of hydrogen-bond donors (Lipinski definition) is 7. The van der Waals surface area contributed by atoms with Crippen molar-refractivity contribution in [1.29, 1.82) is 0 Å². The lowest BCUT2D eigenvalue weighted by Crippen LogP contribution is -2.37. The van der Waals surface area contributed by atoms with Crippen LogP contribution in [0.15, 0.2) is 38.0 Å². The number of nitrogens with two attached hydrogens (primary N) is 3. The summed E-state index contributed by atoms with van der Waals surface area (Å²) in [6.07, 6.45) is -4.36. The van der Waals surface area contributed by atoms with Crippen LogP contribution >= 0.6 is 13.4 Å². The molecule has 0 spiro atoms. The Hall–Kier alpha value is -4.66. The fourth-order valence-corrected chi connectivity index (χ4v) is 10.8. The Morgan fingerprint density at radius 1 is 0.697 bits per heavy atom. The number of hydrogen-bond acceptors (Lipinski definition) is 26. The molecule has 0 aromatic carbocycles. The van der Waals surface area contributed by atoms with E-state index in [1.807, 2.05) is 0 Å². The van der Waals surface area contributed by atoms with Gasteiger partial charge in [0.15, 0.2) is 53.1 Å². The second-order valence-electron chi connectivity index (χ2n) is 14.9. The molecule has 0 radical (unpaired) electrons. The lowest BCUT2D eigenvalue weighted by atomic mass is 10.1. The van der Waals surface area contributed by atoms with Crippen LogP contribution < -0.4 is 17.2 Å². The molecule has 0 aliphatic carbocycles. The molecule has 3 saturated heterocycles. The second kappa shape index (κ2) is 18.8. The molecule has 6 aromatic rings. The molecule has 354 valence electrons. The van der Waals surface area contributed by atoms with Crippen molar-refractivity contribution in [2.75, 3.05) is 44.1 Å². The van der Waals surface area contributed by atoms with Crippen LogP contribution in [0.2, 0.25) is 0 Å². The first kappa shape index (κ1) is 46.5. The summed E-state index contributed by atoms with van der Waals surface area (Å²) >= 11 is 11.0. The zero-order valence-corrected chi connectivity index (χ0v) is 37.5. The Kier molecular flexibility index (Phi) is 13.2. The predicted molar refractivity (Wildman–Crippen MR) is 230 cm³/mol. The van der Waals surface area contributed by atoms with Crippen LogP contribution in [-0.4, -0.2) is 161 Å². The maximum Gasteiger partial charge on any atom is 0.325 e. The quantitative estimate of drug-likeness (QED) is 0.0304. The van der Waals surface area contributed by atoms with Gasteiger partial charge in [-0.2, -0.15) is 0 Å². The number of imidazole rings is 3. The van der Waals surface area contributed by atoms with E-state index in [1.165, 1.54) is 54.2 Å². The van der Waals surface area contributed by atoms with E-state index in [0.717, 1.165) is 0 Å². The van der Waals surface area contributed by atoms with Crippen molar-refractivity contribution in [2.45, 2.75) is 80.4 Å². The van der Waals surface area contributed by atoms with Gasteiger partial charge in [0.25, 0.3) is 6.47 Å². The van der Waals surface area contributed by atoms with Crippen molar-refractivity contribution < 1.29 is 66.6 Å². The summed E-state index contributed by atoms with van der Waals surface area (Å²) in [5.41, 5.74) is 19.6. The summed E-state index contributed by atoms with van der Waals surface area (Å²) in [5.74, 6) is 0.292. The number of methoxy groups -OCH3 is 1. The number of aromatic nitrogens is 12. The molecule has 3 fully saturated rings. The van der Waals surface area contributed by atoms with Crippen molar-refractivity contribution in [3.8, 4) is 0 Å². The molecule has 0 saturated carbocycles. The third kappa shape index (κ3) is 9.06. The number of aliphatic hydroxyl groups is 2. The number of carbonyl (C=O) groups excluding carboxylic acids is 1. The summed E-state index contributed by atoms with van der Waals surface area (Å²) < 4.78 is 57.6. The van der Waals surface area contributed by atoms with Crippen molar-refractivity contribution in [3.63, 3.8) is 0 Å². The number of anilines is 3. The topological polar surface area (TPSA) is 390 Å². The number of nitrogens with zero attached hydrogens (tertiary/aromatic N) is 12. The van der Waals surface area contributed by atoms with E-state index in [1.54, 1.807) is 4.57 Å². The van der Waals surface area contributed by atoms with Crippen LogP contribution in [0.5, 0.6) is 0 Å². The maximum absolute atomic E-state index is 11.6. The van der Waals surface area contributed by atoms with Gasteiger partial charge in [0.2, 0.25) is 0 Å². The first-order valence-electron chi connectivity index (χ1n) is 19.7. The number of fused-ring (bicyclic) bond motifs is 3. The number of nitrogen functional groups attached to an aromatic ring is 3. The largest absolute Gasteiger partial charge is 0.468 e. The highest BCUT2D eigenvalue weighted by molar-refractivity contribution is 8.07. The molecule has 6 aromatic heterocycles. The van der Waals surface area contributed by atoms with Crippen LogP contribution in [0.25, 0.3) is 33.5 Å². The normalized spacial score (nSPS) is 29.7. The lowest BCUT2D eigenvalue weighted by Gasteiger charge is -2.28. The van der Waals surface area contributed by atoms with Gasteiger partial charge in [-0.25, -0.2) is 44.9 Å². The Balaban J connectivity index is 0.919. The van der Waals surface area contributed by atoms with E-state index >= 15 is 0 Å². The van der Waals surface area contributed by atoms with Crippen molar-refractivity contribution in [3.05, 3.63) is 38.0 Å². The zero-order chi connectivity index (χ0) is 46.5. The summed E-state index contributed by atoms with van der Waals surface area (Å²) in [7, 11) is 1.34. The van der Waals surface area contributed by atoms with Crippen molar-refractivity contribution >= 4 is 94.5 Å². The van der Waals surface area contributed by atoms with Crippen molar-refractivity contribution in [2.24, 2.45) is 0 Å². The minimum atomic E-state index is -4.33. The third-order valence-corrected chi connectivity index (χ3v) is 14.1. The number of ether oxygens (including phenoxy) is 5. The average molecular weight is 998 g/mol. The van der Waals surface area contributed by atoms with Gasteiger partial charge in [0.1, 0.15) is 78.3 Å². The summed E-state index contributed by atoms with van der Waals surface area (Å²) in [6.45, 7) is -9.16. The molecule has 2 unspecified atom stereocenters. The van der Waals surface area contributed by atoms with Gasteiger partial charge in [-0.05, 0) is 23.6 Å². The molecule has 3 aliphatic rings. The first-order chi connectivity index (χ1) is 31.7. The van der Waals surface area contributed by atoms with Crippen LogP contribution in [-0.2, 0) is 70.2 Å². The van der Waals surface area contributed by atoms with Gasteiger partial charge < -0.3 is 74.5 Å². The molecule has 0 bridgehead atoms. The molecule has 29 nitrogen and oxygen atoms in total. The number of rotatable bonds is 18. The van der Waals surface area contributed by atoms with E-state index in [9.17, 15) is 24.8 Å². The summed E-state index contributed by atoms with van der Waals surface area (Å²) in [6, 6.07) is 0. The molecular weight excluding hydrogens is 957 g/mol. The van der Waals surface area contributed by atoms with Crippen LogP contribution in [0, 0.1) is 0 Å². The SMILES string of the molecule is CO[C@H]1[C@@H](OP(O)(=S)OC[C@H]2O[C@@H](n3cnc4c(N)ncnc43)[C@H](O)[C@@H]2O)[C@H](n2cnc3c(N)ncnc32)O[C@@H]1COP(O)(=S)O[C@@H]1C[C@@H](CCOC=O)O[C@H]1n1cnc2c(N)ncnc21. The molecule has 0 amide bonds. The first-order valence-corrected chi connectivity index (χ1v) is 24.9.